The Morgan fingerprint density at radius 1 is 1.19 bits per heavy atom. The summed E-state index contributed by atoms with van der Waals surface area (Å²) in [6.45, 7) is 2.02. The van der Waals surface area contributed by atoms with Gasteiger partial charge in [0.1, 0.15) is 23.9 Å². The number of fused-ring (bicyclic) bond motifs is 1. The van der Waals surface area contributed by atoms with Crippen molar-refractivity contribution in [3.8, 4) is 11.5 Å². The van der Waals surface area contributed by atoms with Gasteiger partial charge < -0.3 is 14.0 Å². The molecular weight excluding hydrogens is 332 g/mol. The molecule has 0 spiro atoms. The van der Waals surface area contributed by atoms with E-state index in [1.165, 1.54) is 0 Å². The van der Waals surface area contributed by atoms with Gasteiger partial charge >= 0.3 is 0 Å². The van der Waals surface area contributed by atoms with Crippen molar-refractivity contribution in [3.63, 3.8) is 0 Å². The highest BCUT2D eigenvalue weighted by Crippen LogP contribution is 2.21. The highest BCUT2D eigenvalue weighted by molar-refractivity contribution is 5.84. The lowest BCUT2D eigenvalue weighted by molar-refractivity contribution is -0.121. The average Bonchev–Trinajstić information content (AvgIpc) is 2.96. The van der Waals surface area contributed by atoms with Gasteiger partial charge in [0, 0.05) is 11.6 Å². The van der Waals surface area contributed by atoms with E-state index < -0.39 is 0 Å². The van der Waals surface area contributed by atoms with E-state index in [4.69, 9.17) is 9.47 Å². The topological polar surface area (TPSA) is 77.7 Å². The summed E-state index contributed by atoms with van der Waals surface area (Å²) in [6, 6.07) is 13.1. The molecule has 1 aromatic heterocycles. The Morgan fingerprint density at radius 2 is 1.88 bits per heavy atom. The van der Waals surface area contributed by atoms with Crippen molar-refractivity contribution < 1.29 is 14.3 Å². The zero-order chi connectivity index (χ0) is 18.5. The molecule has 0 saturated carbocycles. The van der Waals surface area contributed by atoms with Crippen molar-refractivity contribution in [1.29, 1.82) is 0 Å². The van der Waals surface area contributed by atoms with E-state index in [0.29, 0.717) is 11.5 Å². The second-order valence-electron chi connectivity index (χ2n) is 5.67. The molecule has 26 heavy (non-hydrogen) atoms. The minimum absolute atomic E-state index is 0.144. The van der Waals surface area contributed by atoms with Gasteiger partial charge in [0.05, 0.1) is 31.5 Å². The highest BCUT2D eigenvalue weighted by atomic mass is 16.5. The SMILES string of the molecule is COc1cc(/C=N\NC(=O)Cn2c(C)nc3ccccc32)cc(OC)c1. The van der Waals surface area contributed by atoms with Crippen LogP contribution >= 0.6 is 0 Å². The third kappa shape index (κ3) is 3.83. The van der Waals surface area contributed by atoms with E-state index in [2.05, 4.69) is 15.5 Å². The van der Waals surface area contributed by atoms with Crippen molar-refractivity contribution >= 4 is 23.2 Å². The number of aromatic nitrogens is 2. The van der Waals surface area contributed by atoms with E-state index >= 15 is 0 Å². The van der Waals surface area contributed by atoms with E-state index in [-0.39, 0.29) is 12.5 Å². The molecule has 1 N–H and O–H groups in total. The number of para-hydroxylation sites is 2. The molecule has 0 fully saturated rings. The fourth-order valence-electron chi connectivity index (χ4n) is 2.66. The Kier molecular flexibility index (Phi) is 5.17. The monoisotopic (exact) mass is 352 g/mol. The van der Waals surface area contributed by atoms with Crippen LogP contribution in [0, 0.1) is 6.92 Å². The number of hydrogen-bond donors (Lipinski definition) is 1. The van der Waals surface area contributed by atoms with Gasteiger partial charge in [-0.2, -0.15) is 5.10 Å². The molecule has 0 aliphatic carbocycles. The zero-order valence-electron chi connectivity index (χ0n) is 14.9. The molecule has 0 unspecified atom stereocenters. The first-order chi connectivity index (χ1) is 12.6. The Hall–Kier alpha value is -3.35. The summed E-state index contributed by atoms with van der Waals surface area (Å²) in [6.07, 6.45) is 1.54. The van der Waals surface area contributed by atoms with Crippen molar-refractivity contribution in [3.05, 3.63) is 53.9 Å². The van der Waals surface area contributed by atoms with Crippen LogP contribution in [0.5, 0.6) is 11.5 Å². The first kappa shape index (κ1) is 17.5. The summed E-state index contributed by atoms with van der Waals surface area (Å²) in [5.41, 5.74) is 5.08. The molecule has 7 nitrogen and oxygen atoms in total. The van der Waals surface area contributed by atoms with Crippen molar-refractivity contribution in [1.82, 2.24) is 15.0 Å². The van der Waals surface area contributed by atoms with Crippen LogP contribution in [-0.2, 0) is 11.3 Å². The molecule has 0 aliphatic heterocycles. The largest absolute Gasteiger partial charge is 0.497 e. The van der Waals surface area contributed by atoms with Crippen LogP contribution in [0.15, 0.2) is 47.6 Å². The van der Waals surface area contributed by atoms with E-state index in [9.17, 15) is 4.79 Å². The lowest BCUT2D eigenvalue weighted by Gasteiger charge is -2.06. The molecule has 0 bridgehead atoms. The fraction of sp³-hybridized carbons (Fsp3) is 0.211. The maximum absolute atomic E-state index is 12.2. The van der Waals surface area contributed by atoms with Crippen LogP contribution in [0.2, 0.25) is 0 Å². The van der Waals surface area contributed by atoms with Crippen LogP contribution < -0.4 is 14.9 Å². The molecule has 3 rings (SSSR count). The number of carbonyl (C=O) groups excluding carboxylic acids is 1. The smallest absolute Gasteiger partial charge is 0.260 e. The normalized spacial score (nSPS) is 11.0. The molecule has 0 atom stereocenters. The number of ether oxygens (including phenoxy) is 2. The van der Waals surface area contributed by atoms with Crippen LogP contribution in [0.25, 0.3) is 11.0 Å². The minimum atomic E-state index is -0.234. The number of hydrogen-bond acceptors (Lipinski definition) is 5. The maximum atomic E-state index is 12.2. The van der Waals surface area contributed by atoms with Crippen molar-refractivity contribution in [2.75, 3.05) is 14.2 Å². The summed E-state index contributed by atoms with van der Waals surface area (Å²) >= 11 is 0. The van der Waals surface area contributed by atoms with Gasteiger partial charge in [-0.05, 0) is 31.2 Å². The second kappa shape index (κ2) is 7.69. The van der Waals surface area contributed by atoms with E-state index in [1.807, 2.05) is 35.8 Å². The molecule has 7 heteroatoms. The quantitative estimate of drug-likeness (QED) is 0.546. The van der Waals surface area contributed by atoms with Gasteiger partial charge in [-0.15, -0.1) is 0 Å². The number of nitrogens with zero attached hydrogens (tertiary/aromatic N) is 3. The maximum Gasteiger partial charge on any atom is 0.260 e. The Bertz CT molecular complexity index is 940. The molecule has 2 aromatic carbocycles. The Morgan fingerprint density at radius 3 is 2.58 bits per heavy atom. The first-order valence-electron chi connectivity index (χ1n) is 8.07. The lowest BCUT2D eigenvalue weighted by Crippen LogP contribution is -2.23. The second-order valence-corrected chi connectivity index (χ2v) is 5.67. The third-order valence-electron chi connectivity index (χ3n) is 3.92. The molecule has 0 saturated heterocycles. The van der Waals surface area contributed by atoms with E-state index in [1.54, 1.807) is 38.6 Å². The summed E-state index contributed by atoms with van der Waals surface area (Å²) in [5.74, 6) is 1.85. The van der Waals surface area contributed by atoms with Crippen LogP contribution in [0.3, 0.4) is 0 Å². The number of nitrogens with one attached hydrogen (secondary N) is 1. The highest BCUT2D eigenvalue weighted by Gasteiger charge is 2.10. The predicted octanol–water partition coefficient (Wildman–Crippen LogP) is 2.51. The van der Waals surface area contributed by atoms with Crippen LogP contribution in [0.1, 0.15) is 11.4 Å². The molecule has 0 radical (unpaired) electrons. The van der Waals surface area contributed by atoms with Gasteiger partial charge in [0.2, 0.25) is 0 Å². The number of rotatable bonds is 6. The molecule has 134 valence electrons. The first-order valence-corrected chi connectivity index (χ1v) is 8.07. The van der Waals surface area contributed by atoms with Gasteiger partial charge in [-0.1, -0.05) is 12.1 Å². The molecule has 0 aliphatic rings. The minimum Gasteiger partial charge on any atom is -0.497 e. The van der Waals surface area contributed by atoms with Crippen LogP contribution in [0.4, 0.5) is 0 Å². The van der Waals surface area contributed by atoms with Crippen LogP contribution in [-0.4, -0.2) is 35.9 Å². The van der Waals surface area contributed by atoms with Gasteiger partial charge in [0.15, 0.2) is 0 Å². The number of amides is 1. The molecule has 3 aromatic rings. The van der Waals surface area contributed by atoms with Crippen molar-refractivity contribution in [2.24, 2.45) is 5.10 Å². The molecule has 1 amide bonds. The number of carbonyl (C=O) groups is 1. The van der Waals surface area contributed by atoms with Crippen molar-refractivity contribution in [2.45, 2.75) is 13.5 Å². The Balaban J connectivity index is 1.69. The fourth-order valence-corrected chi connectivity index (χ4v) is 2.66. The predicted molar refractivity (Wildman–Crippen MR) is 99.8 cm³/mol. The average molecular weight is 352 g/mol. The van der Waals surface area contributed by atoms with Gasteiger partial charge in [-0.25, -0.2) is 10.4 Å². The summed E-state index contributed by atoms with van der Waals surface area (Å²) < 4.78 is 12.3. The summed E-state index contributed by atoms with van der Waals surface area (Å²) in [7, 11) is 3.16. The number of methoxy groups -OCH3 is 2. The number of hydrazone groups is 1. The third-order valence-corrected chi connectivity index (χ3v) is 3.92. The number of aryl methyl sites for hydroxylation is 1. The molecular formula is C19H20N4O3. The number of benzene rings is 2. The Labute approximate surface area is 151 Å². The summed E-state index contributed by atoms with van der Waals surface area (Å²) in [5, 5.41) is 4.01. The van der Waals surface area contributed by atoms with Gasteiger partial charge in [0.25, 0.3) is 5.91 Å². The zero-order valence-corrected chi connectivity index (χ0v) is 14.9. The van der Waals surface area contributed by atoms with Gasteiger partial charge in [-0.3, -0.25) is 4.79 Å². The summed E-state index contributed by atoms with van der Waals surface area (Å²) in [4.78, 5) is 16.7. The number of imidazole rings is 1. The standard InChI is InChI=1S/C19H20N4O3/c1-13-21-17-6-4-5-7-18(17)23(13)12-19(24)22-20-11-14-8-15(25-2)10-16(9-14)26-3/h4-11H,12H2,1-3H3,(H,22,24)/b20-11-. The van der Waals surface area contributed by atoms with E-state index in [0.717, 1.165) is 22.4 Å². The lowest BCUT2D eigenvalue weighted by atomic mass is 10.2. The molecule has 1 heterocycles.